The standard InChI is InChI=1S/C11H21N5O/c1-12-9(7-10-5-3-4-6-17-10)8-11-13-15-16(2)14-11/h9-10,12H,3-8H2,1-2H3. The lowest BCUT2D eigenvalue weighted by molar-refractivity contribution is 0.00558. The molecule has 1 saturated heterocycles. The Morgan fingerprint density at radius 1 is 1.53 bits per heavy atom. The number of nitrogens with zero attached hydrogens (tertiary/aromatic N) is 4. The minimum absolute atomic E-state index is 0.363. The summed E-state index contributed by atoms with van der Waals surface area (Å²) in [6.45, 7) is 0.907. The molecule has 96 valence electrons. The third kappa shape index (κ3) is 3.74. The van der Waals surface area contributed by atoms with Gasteiger partial charge in [0, 0.05) is 19.1 Å². The minimum Gasteiger partial charge on any atom is -0.378 e. The summed E-state index contributed by atoms with van der Waals surface area (Å²) in [5.41, 5.74) is 0. The number of ether oxygens (including phenoxy) is 1. The molecule has 0 bridgehead atoms. The third-order valence-electron chi connectivity index (χ3n) is 3.21. The van der Waals surface area contributed by atoms with Crippen LogP contribution in [0, 0.1) is 0 Å². The molecule has 0 radical (unpaired) electrons. The van der Waals surface area contributed by atoms with Gasteiger partial charge < -0.3 is 10.1 Å². The summed E-state index contributed by atoms with van der Waals surface area (Å²) >= 11 is 0. The van der Waals surface area contributed by atoms with E-state index in [1.165, 1.54) is 24.1 Å². The van der Waals surface area contributed by atoms with Gasteiger partial charge in [-0.1, -0.05) is 0 Å². The Morgan fingerprint density at radius 2 is 2.41 bits per heavy atom. The Kier molecular flexibility index (Phi) is 4.44. The molecule has 2 unspecified atom stereocenters. The Balaban J connectivity index is 1.83. The van der Waals surface area contributed by atoms with Gasteiger partial charge in [-0.15, -0.1) is 10.2 Å². The molecule has 6 nitrogen and oxygen atoms in total. The van der Waals surface area contributed by atoms with Gasteiger partial charge in [0.25, 0.3) is 0 Å². The van der Waals surface area contributed by atoms with Crippen LogP contribution in [0.5, 0.6) is 0 Å². The molecule has 2 heterocycles. The average Bonchev–Trinajstić information content (AvgIpc) is 2.75. The van der Waals surface area contributed by atoms with Gasteiger partial charge in [-0.05, 0) is 37.9 Å². The second-order valence-electron chi connectivity index (χ2n) is 4.61. The summed E-state index contributed by atoms with van der Waals surface area (Å²) in [6.07, 6.45) is 5.87. The summed E-state index contributed by atoms with van der Waals surface area (Å²) in [6, 6.07) is 0.363. The van der Waals surface area contributed by atoms with E-state index in [9.17, 15) is 0 Å². The molecular formula is C11H21N5O. The van der Waals surface area contributed by atoms with Crippen LogP contribution >= 0.6 is 0 Å². The zero-order valence-corrected chi connectivity index (χ0v) is 10.6. The predicted octanol–water partition coefficient (Wildman–Crippen LogP) is 0.300. The molecule has 0 amide bonds. The molecule has 1 aromatic heterocycles. The van der Waals surface area contributed by atoms with Gasteiger partial charge in [0.05, 0.1) is 13.2 Å². The number of hydrogen-bond acceptors (Lipinski definition) is 5. The predicted molar refractivity (Wildman–Crippen MR) is 63.6 cm³/mol. The van der Waals surface area contributed by atoms with Gasteiger partial charge in [0.2, 0.25) is 0 Å². The lowest BCUT2D eigenvalue weighted by Gasteiger charge is -2.26. The summed E-state index contributed by atoms with van der Waals surface area (Å²) < 4.78 is 5.75. The summed E-state index contributed by atoms with van der Waals surface area (Å²) in [4.78, 5) is 1.50. The average molecular weight is 239 g/mol. The van der Waals surface area contributed by atoms with Gasteiger partial charge in [-0.3, -0.25) is 0 Å². The molecule has 0 aromatic carbocycles. The fourth-order valence-electron chi connectivity index (χ4n) is 2.24. The topological polar surface area (TPSA) is 64.9 Å². The van der Waals surface area contributed by atoms with E-state index >= 15 is 0 Å². The molecule has 1 N–H and O–H groups in total. The van der Waals surface area contributed by atoms with E-state index < -0.39 is 0 Å². The van der Waals surface area contributed by atoms with Gasteiger partial charge in [-0.25, -0.2) is 0 Å². The highest BCUT2D eigenvalue weighted by atomic mass is 16.5. The largest absolute Gasteiger partial charge is 0.378 e. The number of rotatable bonds is 5. The third-order valence-corrected chi connectivity index (χ3v) is 3.21. The van der Waals surface area contributed by atoms with Crippen LogP contribution in [0.25, 0.3) is 0 Å². The maximum absolute atomic E-state index is 5.75. The van der Waals surface area contributed by atoms with Crippen LogP contribution in [0.2, 0.25) is 0 Å². The van der Waals surface area contributed by atoms with Gasteiger partial charge in [0.15, 0.2) is 5.82 Å². The fourth-order valence-corrected chi connectivity index (χ4v) is 2.24. The molecule has 1 aromatic rings. The van der Waals surface area contributed by atoms with Crippen LogP contribution in [0.15, 0.2) is 0 Å². The zero-order chi connectivity index (χ0) is 12.1. The summed E-state index contributed by atoms with van der Waals surface area (Å²) in [5, 5.41) is 15.4. The number of hydrogen-bond donors (Lipinski definition) is 1. The maximum atomic E-state index is 5.75. The first-order valence-corrected chi connectivity index (χ1v) is 6.29. The Labute approximate surface area is 102 Å². The number of nitrogens with one attached hydrogen (secondary N) is 1. The molecule has 0 saturated carbocycles. The fraction of sp³-hybridized carbons (Fsp3) is 0.909. The molecular weight excluding hydrogens is 218 g/mol. The maximum Gasteiger partial charge on any atom is 0.176 e. The van der Waals surface area contributed by atoms with Gasteiger partial charge in [-0.2, -0.15) is 4.80 Å². The molecule has 2 rings (SSSR count). The van der Waals surface area contributed by atoms with E-state index in [-0.39, 0.29) is 0 Å². The Morgan fingerprint density at radius 3 is 3.00 bits per heavy atom. The molecule has 0 aliphatic carbocycles. The monoisotopic (exact) mass is 239 g/mol. The van der Waals surface area contributed by atoms with Crippen LogP contribution in [0.3, 0.4) is 0 Å². The van der Waals surface area contributed by atoms with Crippen molar-refractivity contribution in [2.75, 3.05) is 13.7 Å². The molecule has 0 spiro atoms. The highest BCUT2D eigenvalue weighted by molar-refractivity contribution is 4.85. The quantitative estimate of drug-likeness (QED) is 0.800. The minimum atomic E-state index is 0.363. The summed E-state index contributed by atoms with van der Waals surface area (Å²) in [7, 11) is 3.76. The number of likely N-dealkylation sites (N-methyl/N-ethyl adjacent to an activating group) is 1. The van der Waals surface area contributed by atoms with Crippen LogP contribution in [0.4, 0.5) is 0 Å². The van der Waals surface area contributed by atoms with Crippen molar-refractivity contribution in [1.82, 2.24) is 25.5 Å². The second-order valence-corrected chi connectivity index (χ2v) is 4.61. The second kappa shape index (κ2) is 6.07. The van der Waals surface area contributed by atoms with Crippen molar-refractivity contribution >= 4 is 0 Å². The van der Waals surface area contributed by atoms with Gasteiger partial charge >= 0.3 is 0 Å². The summed E-state index contributed by atoms with van der Waals surface area (Å²) in [5.74, 6) is 0.794. The van der Waals surface area contributed by atoms with E-state index in [1.807, 2.05) is 7.05 Å². The van der Waals surface area contributed by atoms with Crippen molar-refractivity contribution < 1.29 is 4.74 Å². The van der Waals surface area contributed by atoms with Crippen molar-refractivity contribution in [3.8, 4) is 0 Å². The first-order chi connectivity index (χ1) is 8.28. The van der Waals surface area contributed by atoms with Crippen LogP contribution in [-0.4, -0.2) is 46.0 Å². The van der Waals surface area contributed by atoms with Crippen molar-refractivity contribution in [3.63, 3.8) is 0 Å². The van der Waals surface area contributed by atoms with Crippen molar-refractivity contribution in [1.29, 1.82) is 0 Å². The van der Waals surface area contributed by atoms with E-state index in [2.05, 4.69) is 20.7 Å². The first-order valence-electron chi connectivity index (χ1n) is 6.29. The Hall–Kier alpha value is -1.01. The van der Waals surface area contributed by atoms with Crippen molar-refractivity contribution in [2.24, 2.45) is 7.05 Å². The molecule has 17 heavy (non-hydrogen) atoms. The Bertz CT molecular complexity index is 334. The molecule has 2 atom stereocenters. The lowest BCUT2D eigenvalue weighted by Crippen LogP contribution is -2.34. The number of aromatic nitrogens is 4. The number of tetrazole rings is 1. The molecule has 6 heteroatoms. The van der Waals surface area contributed by atoms with Crippen molar-refractivity contribution in [2.45, 2.75) is 44.2 Å². The van der Waals surface area contributed by atoms with Gasteiger partial charge in [0.1, 0.15) is 0 Å². The zero-order valence-electron chi connectivity index (χ0n) is 10.6. The van der Waals surface area contributed by atoms with Crippen molar-refractivity contribution in [3.05, 3.63) is 5.82 Å². The van der Waals surface area contributed by atoms with Crippen LogP contribution < -0.4 is 5.32 Å². The van der Waals surface area contributed by atoms with Crippen LogP contribution in [-0.2, 0) is 18.2 Å². The number of aryl methyl sites for hydroxylation is 1. The lowest BCUT2D eigenvalue weighted by atomic mass is 10.00. The molecule has 1 aliphatic rings. The van der Waals surface area contributed by atoms with E-state index in [0.29, 0.717) is 12.1 Å². The van der Waals surface area contributed by atoms with E-state index in [1.54, 1.807) is 7.05 Å². The smallest absolute Gasteiger partial charge is 0.176 e. The normalized spacial score (nSPS) is 22.6. The van der Waals surface area contributed by atoms with Crippen LogP contribution in [0.1, 0.15) is 31.5 Å². The van der Waals surface area contributed by atoms with E-state index in [4.69, 9.17) is 4.74 Å². The van der Waals surface area contributed by atoms with E-state index in [0.717, 1.165) is 25.3 Å². The first kappa shape index (κ1) is 12.4. The molecule has 1 fully saturated rings. The highest BCUT2D eigenvalue weighted by Gasteiger charge is 2.20. The molecule has 1 aliphatic heterocycles. The highest BCUT2D eigenvalue weighted by Crippen LogP contribution is 2.17. The SMILES string of the molecule is CNC(Cc1nnn(C)n1)CC1CCCCO1.